The summed E-state index contributed by atoms with van der Waals surface area (Å²) in [5.41, 5.74) is 5.71. The average molecular weight is 515 g/mol. The van der Waals surface area contributed by atoms with E-state index in [0.717, 1.165) is 40.3 Å². The van der Waals surface area contributed by atoms with Crippen molar-refractivity contribution in [2.75, 3.05) is 27.7 Å². The summed E-state index contributed by atoms with van der Waals surface area (Å²) in [5.74, 6) is 0.660. The van der Waals surface area contributed by atoms with Gasteiger partial charge in [0.1, 0.15) is 0 Å². The highest BCUT2D eigenvalue weighted by molar-refractivity contribution is 9.10. The molecule has 1 atom stereocenters. The average Bonchev–Trinajstić information content (AvgIpc) is 2.86. The van der Waals surface area contributed by atoms with E-state index in [1.165, 1.54) is 16.7 Å². The second-order valence-electron chi connectivity index (χ2n) is 8.74. The minimum atomic E-state index is -0.00575. The number of nitrogens with zero attached hydrogens (tertiary/aromatic N) is 2. The molecule has 0 fully saturated rings. The molecular weight excluding hydrogens is 484 g/mol. The highest BCUT2D eigenvalue weighted by Gasteiger charge is 2.25. The first kappa shape index (κ1) is 24.2. The molecule has 1 unspecified atom stereocenters. The van der Waals surface area contributed by atoms with Crippen LogP contribution < -0.4 is 4.74 Å². The third kappa shape index (κ3) is 5.75. The summed E-state index contributed by atoms with van der Waals surface area (Å²) in [6, 6.07) is 29.8. The maximum Gasteiger partial charge on any atom is 0.217 e. The summed E-state index contributed by atoms with van der Waals surface area (Å²) in [5, 5.41) is 1.09. The van der Waals surface area contributed by atoms with Gasteiger partial charge in [-0.15, -0.1) is 0 Å². The lowest BCUT2D eigenvalue weighted by Crippen LogP contribution is -2.12. The van der Waals surface area contributed by atoms with Crippen LogP contribution >= 0.6 is 15.9 Å². The largest absolute Gasteiger partial charge is 0.481 e. The fourth-order valence-corrected chi connectivity index (χ4v) is 4.77. The standard InChI is InChI=1S/C30H31BrN2O/c1-33(2)19-11-10-16-26(22-12-6-4-7-13-22)29(23-14-8-5-9-15-23)27-21-24-20-25(31)17-18-28(24)32-30(27)34-3/h4-9,12-18,20-21,29H,10-11,19H2,1-3H3/b26-16+. The fraction of sp³-hybridized carbons (Fsp3) is 0.233. The molecule has 0 aliphatic carbocycles. The summed E-state index contributed by atoms with van der Waals surface area (Å²) < 4.78 is 6.91. The number of hydrogen-bond acceptors (Lipinski definition) is 3. The summed E-state index contributed by atoms with van der Waals surface area (Å²) >= 11 is 3.62. The van der Waals surface area contributed by atoms with Crippen LogP contribution in [0.2, 0.25) is 0 Å². The van der Waals surface area contributed by atoms with E-state index in [1.807, 2.05) is 12.1 Å². The van der Waals surface area contributed by atoms with Crippen LogP contribution in [0.5, 0.6) is 5.88 Å². The number of rotatable bonds is 9. The Morgan fingerprint density at radius 1 is 0.971 bits per heavy atom. The van der Waals surface area contributed by atoms with E-state index in [2.05, 4.69) is 114 Å². The monoisotopic (exact) mass is 514 g/mol. The van der Waals surface area contributed by atoms with Gasteiger partial charge in [-0.1, -0.05) is 82.7 Å². The van der Waals surface area contributed by atoms with Gasteiger partial charge in [0.25, 0.3) is 0 Å². The topological polar surface area (TPSA) is 25.4 Å². The van der Waals surface area contributed by atoms with Crippen LogP contribution in [-0.2, 0) is 0 Å². The number of allylic oxidation sites excluding steroid dienone is 2. The van der Waals surface area contributed by atoms with Crippen molar-refractivity contribution in [3.8, 4) is 5.88 Å². The molecule has 0 bridgehead atoms. The summed E-state index contributed by atoms with van der Waals surface area (Å²) in [6.07, 6.45) is 4.51. The molecule has 0 amide bonds. The summed E-state index contributed by atoms with van der Waals surface area (Å²) in [6.45, 7) is 1.06. The van der Waals surface area contributed by atoms with Crippen LogP contribution in [0, 0.1) is 0 Å². The van der Waals surface area contributed by atoms with Gasteiger partial charge >= 0.3 is 0 Å². The molecule has 0 N–H and O–H groups in total. The van der Waals surface area contributed by atoms with Gasteiger partial charge in [-0.3, -0.25) is 0 Å². The highest BCUT2D eigenvalue weighted by Crippen LogP contribution is 2.42. The Balaban J connectivity index is 1.92. The number of hydrogen-bond donors (Lipinski definition) is 0. The lowest BCUT2D eigenvalue weighted by Gasteiger charge is -2.24. The maximum absolute atomic E-state index is 5.87. The molecule has 1 aromatic heterocycles. The van der Waals surface area contributed by atoms with Crippen LogP contribution in [0.3, 0.4) is 0 Å². The lowest BCUT2D eigenvalue weighted by atomic mass is 9.81. The molecule has 4 rings (SSSR count). The molecule has 174 valence electrons. The Morgan fingerprint density at radius 3 is 2.35 bits per heavy atom. The Hall–Kier alpha value is -2.95. The molecule has 4 aromatic rings. The molecular formula is C30H31BrN2O. The van der Waals surface area contributed by atoms with E-state index in [-0.39, 0.29) is 5.92 Å². The van der Waals surface area contributed by atoms with Gasteiger partial charge in [-0.05, 0) is 74.4 Å². The first-order valence-electron chi connectivity index (χ1n) is 11.7. The second kappa shape index (κ2) is 11.5. The van der Waals surface area contributed by atoms with Crippen LogP contribution in [-0.4, -0.2) is 37.6 Å². The van der Waals surface area contributed by atoms with E-state index < -0.39 is 0 Å². The maximum atomic E-state index is 5.87. The number of halogens is 1. The van der Waals surface area contributed by atoms with Crippen molar-refractivity contribution in [1.29, 1.82) is 0 Å². The summed E-state index contributed by atoms with van der Waals surface area (Å²) in [4.78, 5) is 7.13. The number of pyridine rings is 1. The van der Waals surface area contributed by atoms with Gasteiger partial charge in [-0.25, -0.2) is 4.98 Å². The Bertz CT molecular complexity index is 1250. The zero-order chi connectivity index (χ0) is 23.9. The predicted molar refractivity (Wildman–Crippen MR) is 146 cm³/mol. The van der Waals surface area contributed by atoms with Crippen LogP contribution in [0.1, 0.15) is 35.4 Å². The molecule has 4 heteroatoms. The van der Waals surface area contributed by atoms with Crippen molar-refractivity contribution in [2.45, 2.75) is 18.8 Å². The van der Waals surface area contributed by atoms with Gasteiger partial charge in [0.05, 0.1) is 12.6 Å². The number of methoxy groups -OCH3 is 1. The number of unbranched alkanes of at least 4 members (excludes halogenated alkanes) is 1. The minimum Gasteiger partial charge on any atom is -0.481 e. The lowest BCUT2D eigenvalue weighted by molar-refractivity contribution is 0.394. The van der Waals surface area contributed by atoms with Crippen LogP contribution in [0.25, 0.3) is 16.5 Å². The number of benzene rings is 3. The van der Waals surface area contributed by atoms with Crippen molar-refractivity contribution in [2.24, 2.45) is 0 Å². The normalized spacial score (nSPS) is 12.8. The number of aromatic nitrogens is 1. The first-order chi connectivity index (χ1) is 16.6. The first-order valence-corrected chi connectivity index (χ1v) is 12.5. The van der Waals surface area contributed by atoms with Crippen molar-refractivity contribution < 1.29 is 4.74 Å². The van der Waals surface area contributed by atoms with Crippen molar-refractivity contribution in [3.63, 3.8) is 0 Å². The second-order valence-corrected chi connectivity index (χ2v) is 9.65. The Kier molecular flexibility index (Phi) is 8.15. The van der Waals surface area contributed by atoms with Gasteiger partial charge in [0, 0.05) is 21.3 Å². The number of ether oxygens (including phenoxy) is 1. The Morgan fingerprint density at radius 2 is 1.68 bits per heavy atom. The van der Waals surface area contributed by atoms with Gasteiger partial charge in [0.15, 0.2) is 0 Å². The SMILES string of the molecule is COc1nc2ccc(Br)cc2cc1C(/C(=C/CCCN(C)C)c1ccccc1)c1ccccc1. The smallest absolute Gasteiger partial charge is 0.217 e. The van der Waals surface area contributed by atoms with Crippen molar-refractivity contribution in [1.82, 2.24) is 9.88 Å². The molecule has 3 nitrogen and oxygen atoms in total. The van der Waals surface area contributed by atoms with Gasteiger partial charge in [-0.2, -0.15) is 0 Å². The van der Waals surface area contributed by atoms with Gasteiger partial charge in [0.2, 0.25) is 5.88 Å². The number of fused-ring (bicyclic) bond motifs is 1. The van der Waals surface area contributed by atoms with E-state index >= 15 is 0 Å². The molecule has 0 spiro atoms. The van der Waals surface area contributed by atoms with Gasteiger partial charge < -0.3 is 9.64 Å². The molecule has 0 aliphatic rings. The van der Waals surface area contributed by atoms with E-state index in [1.54, 1.807) is 7.11 Å². The molecule has 34 heavy (non-hydrogen) atoms. The Labute approximate surface area is 211 Å². The highest BCUT2D eigenvalue weighted by atomic mass is 79.9. The fourth-order valence-electron chi connectivity index (χ4n) is 4.39. The molecule has 0 aliphatic heterocycles. The van der Waals surface area contributed by atoms with E-state index in [9.17, 15) is 0 Å². The zero-order valence-corrected chi connectivity index (χ0v) is 21.6. The predicted octanol–water partition coefficient (Wildman–Crippen LogP) is 7.56. The van der Waals surface area contributed by atoms with E-state index in [4.69, 9.17) is 9.72 Å². The summed E-state index contributed by atoms with van der Waals surface area (Å²) in [7, 11) is 5.96. The van der Waals surface area contributed by atoms with Crippen molar-refractivity contribution in [3.05, 3.63) is 112 Å². The van der Waals surface area contributed by atoms with Crippen LogP contribution in [0.4, 0.5) is 0 Å². The van der Waals surface area contributed by atoms with Crippen molar-refractivity contribution >= 4 is 32.4 Å². The van der Waals surface area contributed by atoms with Crippen LogP contribution in [0.15, 0.2) is 95.5 Å². The zero-order valence-electron chi connectivity index (χ0n) is 20.0. The molecule has 3 aromatic carbocycles. The third-order valence-electron chi connectivity index (χ3n) is 6.00. The molecule has 0 radical (unpaired) electrons. The third-order valence-corrected chi connectivity index (χ3v) is 6.49. The molecule has 1 heterocycles. The quantitative estimate of drug-likeness (QED) is 0.215. The molecule has 0 saturated carbocycles. The molecule has 0 saturated heterocycles. The minimum absolute atomic E-state index is 0.00575. The van der Waals surface area contributed by atoms with E-state index in [0.29, 0.717) is 5.88 Å².